The summed E-state index contributed by atoms with van der Waals surface area (Å²) in [6, 6.07) is -0.502. The lowest BCUT2D eigenvalue weighted by molar-refractivity contribution is 0.0931. The monoisotopic (exact) mass is 253 g/mol. The van der Waals surface area contributed by atoms with E-state index in [1.54, 1.807) is 0 Å². The first-order valence-electron chi connectivity index (χ1n) is 4.59. The van der Waals surface area contributed by atoms with Gasteiger partial charge < -0.3 is 5.32 Å². The highest BCUT2D eigenvalue weighted by Gasteiger charge is 2.29. The summed E-state index contributed by atoms with van der Waals surface area (Å²) in [6.07, 6.45) is 0. The molecule has 0 atom stereocenters. The number of carbonyl (C=O) groups excluding carboxylic acids is 1. The first-order chi connectivity index (χ1) is 7.77. The molecule has 0 bridgehead atoms. The van der Waals surface area contributed by atoms with E-state index in [0.717, 1.165) is 0 Å². The summed E-state index contributed by atoms with van der Waals surface area (Å²) in [6.45, 7) is 2.95. The van der Waals surface area contributed by atoms with E-state index >= 15 is 0 Å². The molecule has 0 spiro atoms. The Hall–Kier alpha value is -1.66. The van der Waals surface area contributed by atoms with Crippen LogP contribution in [0.15, 0.2) is 0 Å². The van der Waals surface area contributed by atoms with E-state index in [4.69, 9.17) is 0 Å². The van der Waals surface area contributed by atoms with Crippen LogP contribution in [0.2, 0.25) is 0 Å². The fourth-order valence-corrected chi connectivity index (χ4v) is 1.14. The lowest BCUT2D eigenvalue weighted by Gasteiger charge is -2.11. The van der Waals surface area contributed by atoms with E-state index in [1.807, 2.05) is 5.32 Å². The van der Waals surface area contributed by atoms with Crippen molar-refractivity contribution in [1.82, 2.24) is 5.32 Å². The second-order valence-corrected chi connectivity index (χ2v) is 3.57. The highest BCUT2D eigenvalue weighted by molar-refractivity contribution is 5.95. The van der Waals surface area contributed by atoms with E-state index in [-0.39, 0.29) is 0 Å². The van der Waals surface area contributed by atoms with Crippen molar-refractivity contribution >= 4 is 5.91 Å². The average Bonchev–Trinajstić information content (AvgIpc) is 2.23. The van der Waals surface area contributed by atoms with Crippen molar-refractivity contribution in [3.8, 4) is 0 Å². The Bertz CT molecular complexity index is 443. The van der Waals surface area contributed by atoms with Gasteiger partial charge in [-0.3, -0.25) is 4.79 Å². The molecule has 0 radical (unpaired) electrons. The number of halogens is 5. The van der Waals surface area contributed by atoms with Crippen molar-refractivity contribution in [2.24, 2.45) is 0 Å². The van der Waals surface area contributed by atoms with Gasteiger partial charge in [0, 0.05) is 6.04 Å². The van der Waals surface area contributed by atoms with Gasteiger partial charge in [0.25, 0.3) is 5.91 Å². The van der Waals surface area contributed by atoms with E-state index in [2.05, 4.69) is 0 Å². The van der Waals surface area contributed by atoms with Crippen LogP contribution < -0.4 is 5.32 Å². The highest BCUT2D eigenvalue weighted by Crippen LogP contribution is 2.22. The van der Waals surface area contributed by atoms with Crippen molar-refractivity contribution in [3.05, 3.63) is 34.6 Å². The SMILES string of the molecule is CC(C)NC(=O)c1c(F)c(F)c(F)c(F)c1F. The minimum absolute atomic E-state index is 0.502. The molecule has 0 saturated heterocycles. The third kappa shape index (κ3) is 2.37. The molecule has 7 heteroatoms. The second-order valence-electron chi connectivity index (χ2n) is 3.57. The number of rotatable bonds is 2. The van der Waals surface area contributed by atoms with Crippen LogP contribution in [-0.4, -0.2) is 11.9 Å². The largest absolute Gasteiger partial charge is 0.350 e. The maximum absolute atomic E-state index is 13.1. The third-order valence-corrected chi connectivity index (χ3v) is 1.86. The minimum Gasteiger partial charge on any atom is -0.350 e. The van der Waals surface area contributed by atoms with Crippen molar-refractivity contribution in [2.45, 2.75) is 19.9 Å². The van der Waals surface area contributed by atoms with Crippen molar-refractivity contribution in [3.63, 3.8) is 0 Å². The maximum Gasteiger partial charge on any atom is 0.257 e. The van der Waals surface area contributed by atoms with E-state index in [9.17, 15) is 26.7 Å². The van der Waals surface area contributed by atoms with Crippen LogP contribution in [0.5, 0.6) is 0 Å². The van der Waals surface area contributed by atoms with Crippen molar-refractivity contribution in [2.75, 3.05) is 0 Å². The summed E-state index contributed by atoms with van der Waals surface area (Å²) in [5.41, 5.74) is -1.48. The molecule has 17 heavy (non-hydrogen) atoms. The van der Waals surface area contributed by atoms with E-state index < -0.39 is 46.6 Å². The van der Waals surface area contributed by atoms with Gasteiger partial charge in [0.05, 0.1) is 0 Å². The number of benzene rings is 1. The van der Waals surface area contributed by atoms with Crippen LogP contribution in [-0.2, 0) is 0 Å². The van der Waals surface area contributed by atoms with Crippen LogP contribution in [0, 0.1) is 29.1 Å². The van der Waals surface area contributed by atoms with Gasteiger partial charge >= 0.3 is 0 Å². The van der Waals surface area contributed by atoms with Crippen molar-refractivity contribution < 1.29 is 26.7 Å². The van der Waals surface area contributed by atoms with Gasteiger partial charge in [-0.1, -0.05) is 0 Å². The number of carbonyl (C=O) groups is 1. The molecule has 0 saturated carbocycles. The summed E-state index contributed by atoms with van der Waals surface area (Å²) in [5.74, 6) is -12.2. The van der Waals surface area contributed by atoms with Crippen LogP contribution in [0.3, 0.4) is 0 Å². The summed E-state index contributed by atoms with van der Waals surface area (Å²) in [4.78, 5) is 11.3. The second kappa shape index (κ2) is 4.68. The fraction of sp³-hybridized carbons (Fsp3) is 0.300. The Morgan fingerprint density at radius 2 is 1.24 bits per heavy atom. The predicted octanol–water partition coefficient (Wildman–Crippen LogP) is 2.52. The highest BCUT2D eigenvalue weighted by atomic mass is 19.2. The first kappa shape index (κ1) is 13.4. The minimum atomic E-state index is -2.29. The predicted molar refractivity (Wildman–Crippen MR) is 48.8 cm³/mol. The van der Waals surface area contributed by atoms with Crippen LogP contribution >= 0.6 is 0 Å². The van der Waals surface area contributed by atoms with Gasteiger partial charge in [-0.15, -0.1) is 0 Å². The summed E-state index contributed by atoms with van der Waals surface area (Å²) >= 11 is 0. The van der Waals surface area contributed by atoms with Gasteiger partial charge in [0.1, 0.15) is 5.56 Å². The zero-order chi connectivity index (χ0) is 13.3. The van der Waals surface area contributed by atoms with Gasteiger partial charge in [-0.25, -0.2) is 22.0 Å². The van der Waals surface area contributed by atoms with E-state index in [1.165, 1.54) is 13.8 Å². The molecule has 1 rings (SSSR count). The van der Waals surface area contributed by atoms with Gasteiger partial charge in [0.2, 0.25) is 5.82 Å². The molecule has 0 aromatic heterocycles. The Labute approximate surface area is 93.4 Å². The van der Waals surface area contributed by atoms with Crippen molar-refractivity contribution in [1.29, 1.82) is 0 Å². The van der Waals surface area contributed by atoms with Crippen LogP contribution in [0.1, 0.15) is 24.2 Å². The zero-order valence-corrected chi connectivity index (χ0v) is 8.88. The summed E-state index contributed by atoms with van der Waals surface area (Å²) in [7, 11) is 0. The standard InChI is InChI=1S/C10H8F5NO/c1-3(2)16-10(17)4-5(11)7(13)9(15)8(14)6(4)12/h3H,1-2H3,(H,16,17). The molecule has 1 aromatic carbocycles. The van der Waals surface area contributed by atoms with Gasteiger partial charge in [-0.05, 0) is 13.8 Å². The summed E-state index contributed by atoms with van der Waals surface area (Å²) < 4.78 is 64.4. The van der Waals surface area contributed by atoms with Crippen LogP contribution in [0.25, 0.3) is 0 Å². The molecule has 94 valence electrons. The van der Waals surface area contributed by atoms with E-state index in [0.29, 0.717) is 0 Å². The molecule has 0 fully saturated rings. The first-order valence-corrected chi connectivity index (χ1v) is 4.59. The Kier molecular flexibility index (Phi) is 3.69. The molecule has 1 amide bonds. The molecule has 0 heterocycles. The van der Waals surface area contributed by atoms with Gasteiger partial charge in [-0.2, -0.15) is 0 Å². The number of amides is 1. The average molecular weight is 253 g/mol. The smallest absolute Gasteiger partial charge is 0.257 e. The van der Waals surface area contributed by atoms with Gasteiger partial charge in [0.15, 0.2) is 23.3 Å². The fourth-order valence-electron chi connectivity index (χ4n) is 1.14. The topological polar surface area (TPSA) is 29.1 Å². The summed E-state index contributed by atoms with van der Waals surface area (Å²) in [5, 5.41) is 2.04. The quantitative estimate of drug-likeness (QED) is 0.489. The number of nitrogens with one attached hydrogen (secondary N) is 1. The third-order valence-electron chi connectivity index (χ3n) is 1.86. The molecule has 2 nitrogen and oxygen atoms in total. The normalized spacial score (nSPS) is 10.8. The number of hydrogen-bond donors (Lipinski definition) is 1. The lowest BCUT2D eigenvalue weighted by Crippen LogP contribution is -2.32. The zero-order valence-electron chi connectivity index (χ0n) is 8.88. The molecule has 1 N–H and O–H groups in total. The molecule has 0 aliphatic carbocycles. The molecule has 1 aromatic rings. The maximum atomic E-state index is 13.1. The lowest BCUT2D eigenvalue weighted by atomic mass is 10.1. The molecule has 0 aliphatic heterocycles. The number of hydrogen-bond acceptors (Lipinski definition) is 1. The Morgan fingerprint density at radius 3 is 1.59 bits per heavy atom. The molecular weight excluding hydrogens is 245 g/mol. The molecule has 0 aliphatic rings. The van der Waals surface area contributed by atoms with Crippen LogP contribution in [0.4, 0.5) is 22.0 Å². The molecule has 0 unspecified atom stereocenters. The Morgan fingerprint density at radius 1 is 0.882 bits per heavy atom. The molecular formula is C10H8F5NO. The Balaban J connectivity index is 3.39.